The van der Waals surface area contributed by atoms with Crippen LogP contribution in [0.5, 0.6) is 0 Å². The van der Waals surface area contributed by atoms with E-state index in [1.807, 2.05) is 31.2 Å². The Bertz CT molecular complexity index is 422. The number of benzene rings is 1. The van der Waals surface area contributed by atoms with Crippen LogP contribution >= 0.6 is 0 Å². The van der Waals surface area contributed by atoms with E-state index in [2.05, 4.69) is 10.6 Å². The Morgan fingerprint density at radius 1 is 1.42 bits per heavy atom. The highest BCUT2D eigenvalue weighted by Crippen LogP contribution is 2.27. The zero-order chi connectivity index (χ0) is 13.7. The molecule has 1 saturated heterocycles. The Balaban J connectivity index is 1.98. The summed E-state index contributed by atoms with van der Waals surface area (Å²) in [7, 11) is 0. The molecule has 1 aromatic carbocycles. The predicted molar refractivity (Wildman–Crippen MR) is 76.1 cm³/mol. The van der Waals surface area contributed by atoms with Crippen LogP contribution in [0.4, 0.5) is 5.69 Å². The molecule has 1 atom stereocenters. The molecule has 0 saturated carbocycles. The Hall–Kier alpha value is -1.39. The van der Waals surface area contributed by atoms with Crippen molar-refractivity contribution in [3.63, 3.8) is 0 Å². The first kappa shape index (κ1) is 14.0. The average Bonchev–Trinajstić information content (AvgIpc) is 2.42. The Morgan fingerprint density at radius 2 is 2.16 bits per heavy atom. The van der Waals surface area contributed by atoms with E-state index in [-0.39, 0.29) is 17.9 Å². The number of aliphatic hydroxyl groups excluding tert-OH is 1. The van der Waals surface area contributed by atoms with E-state index < -0.39 is 0 Å². The summed E-state index contributed by atoms with van der Waals surface area (Å²) < 4.78 is 0. The third-order valence-corrected chi connectivity index (χ3v) is 3.76. The first-order valence-electron chi connectivity index (χ1n) is 6.86. The lowest BCUT2D eigenvalue weighted by atomic mass is 9.82. The molecule has 2 rings (SSSR count). The first-order valence-corrected chi connectivity index (χ1v) is 6.86. The highest BCUT2D eigenvalue weighted by Gasteiger charge is 2.34. The highest BCUT2D eigenvalue weighted by molar-refractivity contribution is 5.95. The molecule has 1 fully saturated rings. The van der Waals surface area contributed by atoms with Gasteiger partial charge in [-0.15, -0.1) is 0 Å². The fraction of sp³-hybridized carbons (Fsp3) is 0.533. The van der Waals surface area contributed by atoms with Gasteiger partial charge in [-0.2, -0.15) is 0 Å². The summed E-state index contributed by atoms with van der Waals surface area (Å²) in [4.78, 5) is 12.3. The van der Waals surface area contributed by atoms with Crippen LogP contribution in [0, 0.1) is 5.41 Å². The minimum atomic E-state index is -0.317. The highest BCUT2D eigenvalue weighted by atomic mass is 16.2. The number of hydrogen-bond donors (Lipinski definition) is 3. The first-order chi connectivity index (χ1) is 9.14. The van der Waals surface area contributed by atoms with E-state index in [0.29, 0.717) is 6.42 Å². The summed E-state index contributed by atoms with van der Waals surface area (Å²) in [6, 6.07) is 7.66. The second kappa shape index (κ2) is 6.17. The monoisotopic (exact) mass is 262 g/mol. The van der Waals surface area contributed by atoms with Crippen molar-refractivity contribution in [1.29, 1.82) is 0 Å². The van der Waals surface area contributed by atoms with Crippen molar-refractivity contribution in [2.75, 3.05) is 25.0 Å². The molecule has 0 bridgehead atoms. The van der Waals surface area contributed by atoms with Crippen molar-refractivity contribution in [3.8, 4) is 0 Å². The van der Waals surface area contributed by atoms with Crippen LogP contribution in [0.25, 0.3) is 0 Å². The van der Waals surface area contributed by atoms with Gasteiger partial charge in [0.05, 0.1) is 5.41 Å². The summed E-state index contributed by atoms with van der Waals surface area (Å²) in [5.41, 5.74) is 1.58. The minimum Gasteiger partial charge on any atom is -0.396 e. The van der Waals surface area contributed by atoms with Gasteiger partial charge in [0.15, 0.2) is 0 Å². The fourth-order valence-electron chi connectivity index (χ4n) is 2.42. The Morgan fingerprint density at radius 3 is 2.74 bits per heavy atom. The van der Waals surface area contributed by atoms with Gasteiger partial charge < -0.3 is 15.7 Å². The third kappa shape index (κ3) is 3.55. The van der Waals surface area contributed by atoms with Gasteiger partial charge >= 0.3 is 0 Å². The Kier molecular flexibility index (Phi) is 4.56. The van der Waals surface area contributed by atoms with E-state index in [0.717, 1.165) is 37.2 Å². The molecule has 0 spiro atoms. The van der Waals surface area contributed by atoms with Crippen molar-refractivity contribution >= 4 is 11.6 Å². The summed E-state index contributed by atoms with van der Waals surface area (Å²) in [6.07, 6.45) is 2.61. The fourth-order valence-corrected chi connectivity index (χ4v) is 2.42. The van der Waals surface area contributed by atoms with E-state index in [9.17, 15) is 4.79 Å². The molecule has 3 N–H and O–H groups in total. The van der Waals surface area contributed by atoms with Crippen molar-refractivity contribution in [2.24, 2.45) is 5.41 Å². The zero-order valence-electron chi connectivity index (χ0n) is 11.4. The van der Waals surface area contributed by atoms with Gasteiger partial charge in [0.25, 0.3) is 0 Å². The molecule has 4 nitrogen and oxygen atoms in total. The number of nitrogens with one attached hydrogen (secondary N) is 2. The molecule has 1 amide bonds. The molecule has 1 heterocycles. The molecular weight excluding hydrogens is 240 g/mol. The van der Waals surface area contributed by atoms with Gasteiger partial charge in [-0.25, -0.2) is 0 Å². The molecule has 1 aromatic rings. The van der Waals surface area contributed by atoms with Crippen molar-refractivity contribution in [1.82, 2.24) is 5.32 Å². The van der Waals surface area contributed by atoms with Gasteiger partial charge in [0.2, 0.25) is 5.91 Å². The van der Waals surface area contributed by atoms with Crippen LogP contribution in [-0.4, -0.2) is 30.7 Å². The van der Waals surface area contributed by atoms with Crippen molar-refractivity contribution in [3.05, 3.63) is 29.8 Å². The zero-order valence-corrected chi connectivity index (χ0v) is 11.4. The predicted octanol–water partition coefficient (Wildman–Crippen LogP) is 1.55. The number of carbonyl (C=O) groups excluding carboxylic acids is 1. The minimum absolute atomic E-state index is 0.0783. The second-order valence-electron chi connectivity index (χ2n) is 5.47. The summed E-state index contributed by atoms with van der Waals surface area (Å²) in [5.74, 6) is 0.0783. The molecule has 1 aliphatic rings. The molecule has 0 aliphatic carbocycles. The molecule has 19 heavy (non-hydrogen) atoms. The lowest BCUT2D eigenvalue weighted by molar-refractivity contribution is -0.125. The molecule has 1 unspecified atom stereocenters. The maximum atomic E-state index is 12.3. The van der Waals surface area contributed by atoms with Gasteiger partial charge in [-0.3, -0.25) is 4.79 Å². The second-order valence-corrected chi connectivity index (χ2v) is 5.47. The topological polar surface area (TPSA) is 61.4 Å². The molecule has 4 heteroatoms. The van der Waals surface area contributed by atoms with E-state index >= 15 is 0 Å². The lowest BCUT2D eigenvalue weighted by Gasteiger charge is -2.32. The Labute approximate surface area is 114 Å². The van der Waals surface area contributed by atoms with E-state index in [1.165, 1.54) is 0 Å². The lowest BCUT2D eigenvalue weighted by Crippen LogP contribution is -2.46. The molecular formula is C15H22N2O2. The number of piperidine rings is 1. The van der Waals surface area contributed by atoms with Gasteiger partial charge in [0, 0.05) is 18.8 Å². The average molecular weight is 262 g/mol. The standard InChI is InChI=1S/C15H22N2O2/c1-15(8-2-9-16-11-15)14(19)17-13-5-3-12(4-6-13)7-10-18/h3-6,16,18H,2,7-11H2,1H3,(H,17,19). The summed E-state index contributed by atoms with van der Waals surface area (Å²) in [6.45, 7) is 3.89. The number of anilines is 1. The van der Waals surface area contributed by atoms with E-state index in [1.54, 1.807) is 0 Å². The molecule has 104 valence electrons. The normalized spacial score (nSPS) is 23.1. The molecule has 0 aromatic heterocycles. The van der Waals surface area contributed by atoms with Gasteiger partial charge in [-0.1, -0.05) is 12.1 Å². The van der Waals surface area contributed by atoms with Gasteiger partial charge in [0.1, 0.15) is 0 Å². The van der Waals surface area contributed by atoms with Gasteiger partial charge in [-0.05, 0) is 50.4 Å². The van der Waals surface area contributed by atoms with Crippen molar-refractivity contribution < 1.29 is 9.90 Å². The van der Waals surface area contributed by atoms with Crippen LogP contribution in [0.2, 0.25) is 0 Å². The number of rotatable bonds is 4. The summed E-state index contributed by atoms with van der Waals surface area (Å²) in [5, 5.41) is 15.1. The largest absolute Gasteiger partial charge is 0.396 e. The van der Waals surface area contributed by atoms with Crippen LogP contribution < -0.4 is 10.6 Å². The van der Waals surface area contributed by atoms with Crippen LogP contribution in [-0.2, 0) is 11.2 Å². The summed E-state index contributed by atoms with van der Waals surface area (Å²) >= 11 is 0. The smallest absolute Gasteiger partial charge is 0.231 e. The van der Waals surface area contributed by atoms with E-state index in [4.69, 9.17) is 5.11 Å². The van der Waals surface area contributed by atoms with Crippen molar-refractivity contribution in [2.45, 2.75) is 26.2 Å². The van der Waals surface area contributed by atoms with Crippen LogP contribution in [0.15, 0.2) is 24.3 Å². The maximum Gasteiger partial charge on any atom is 0.231 e. The quantitative estimate of drug-likeness (QED) is 0.771. The number of aliphatic hydroxyl groups is 1. The van der Waals surface area contributed by atoms with Crippen LogP contribution in [0.1, 0.15) is 25.3 Å². The molecule has 0 radical (unpaired) electrons. The number of carbonyl (C=O) groups is 1. The number of amides is 1. The van der Waals surface area contributed by atoms with Crippen LogP contribution in [0.3, 0.4) is 0 Å². The SMILES string of the molecule is CC1(C(=O)Nc2ccc(CCO)cc2)CCCNC1. The third-order valence-electron chi connectivity index (χ3n) is 3.76. The molecule has 1 aliphatic heterocycles. The maximum absolute atomic E-state index is 12.3. The number of hydrogen-bond acceptors (Lipinski definition) is 3.